The smallest absolute Gasteiger partial charge is 1.00 e. The van der Waals surface area contributed by atoms with E-state index in [1.54, 1.807) is 0 Å². The van der Waals surface area contributed by atoms with Crippen molar-refractivity contribution in [2.75, 3.05) is 231 Å². The van der Waals surface area contributed by atoms with Crippen molar-refractivity contribution in [3.63, 3.8) is 0 Å². The number of rotatable bonds is 0. The van der Waals surface area contributed by atoms with Crippen molar-refractivity contribution in [1.29, 1.82) is 0 Å². The van der Waals surface area contributed by atoms with Gasteiger partial charge in [-0.3, -0.25) is 0 Å². The van der Waals surface area contributed by atoms with Crippen molar-refractivity contribution in [1.82, 2.24) is 39.2 Å². The summed E-state index contributed by atoms with van der Waals surface area (Å²) in [4.78, 5) is 53.2. The molecule has 0 unspecified atom stereocenters. The zero-order valence-corrected chi connectivity index (χ0v) is 72.5. The summed E-state index contributed by atoms with van der Waals surface area (Å²) in [6, 6.07) is 0. The third-order valence-electron chi connectivity index (χ3n) is 16.0. The molecule has 0 aliphatic carbocycles. The summed E-state index contributed by atoms with van der Waals surface area (Å²) in [5.41, 5.74) is 0. The minimum absolute atomic E-state index is 0. The van der Waals surface area contributed by atoms with Gasteiger partial charge in [0.05, 0.1) is 21.4 Å². The number of fused-ring (bicyclic) bond motifs is 8. The Balaban J connectivity index is 0. The normalized spacial score (nSPS) is 21.0. The molecule has 16 heterocycles. The largest absolute Gasteiger partial charge is 3.00 e. The molecular weight excluding hydrogens is 1800 g/mol. The van der Waals surface area contributed by atoms with Crippen LogP contribution in [0, 0.1) is 0 Å². The van der Waals surface area contributed by atoms with Crippen molar-refractivity contribution >= 4 is 140 Å². The van der Waals surface area contributed by atoms with Crippen molar-refractivity contribution < 1.29 is 109 Å². The summed E-state index contributed by atoms with van der Waals surface area (Å²) in [5.74, 6) is 8.09. The number of hydrogen-bond acceptors (Lipinski definition) is 16. The molecule has 16 aliphatic rings. The summed E-state index contributed by atoms with van der Waals surface area (Å²) in [6.07, 6.45) is 20.1. The maximum Gasteiger partial charge on any atom is 3.00 e. The summed E-state index contributed by atoms with van der Waals surface area (Å²) in [6.45, 7) is 33.6. The van der Waals surface area contributed by atoms with Gasteiger partial charge in [-0.2, -0.15) is 0 Å². The number of nitrogens with zero attached hydrogens (tertiary/aromatic N) is 24. The van der Waals surface area contributed by atoms with Gasteiger partial charge in [0.2, 0.25) is 0 Å². The monoisotopic (exact) mass is 1900 g/mol. The van der Waals surface area contributed by atoms with Gasteiger partial charge in [0.25, 0.3) is 0 Å². The minimum Gasteiger partial charge on any atom is -1.00 e. The number of hydrogen-bond donors (Lipinski definition) is 0. The number of guanidine groups is 8. The molecule has 0 saturated carbocycles. The molecule has 0 amide bonds. The molecule has 24 nitrogen and oxygen atoms in total. The van der Waals surface area contributed by atoms with Gasteiger partial charge < -0.3 is 146 Å². The molecule has 8 saturated heterocycles. The number of halogens is 10. The van der Waals surface area contributed by atoms with Crippen LogP contribution in [0.3, 0.4) is 0 Å². The van der Waals surface area contributed by atoms with E-state index in [1.165, 1.54) is 155 Å². The van der Waals surface area contributed by atoms with Gasteiger partial charge in [-0.1, -0.05) is 0 Å². The minimum atomic E-state index is 0. The Kier molecular flexibility index (Phi) is 67.5. The van der Waals surface area contributed by atoms with Gasteiger partial charge in [0, 0.05) is 47.7 Å². The first kappa shape index (κ1) is 99.9. The average molecular weight is 1900 g/mol. The van der Waals surface area contributed by atoms with Gasteiger partial charge >= 0.3 is 84.3 Å². The second-order valence-electron chi connectivity index (χ2n) is 22.5. The predicted molar refractivity (Wildman–Crippen MR) is 397 cm³/mol. The zero-order chi connectivity index (χ0) is 65.3. The van der Waals surface area contributed by atoms with Crippen LogP contribution in [0.25, 0.3) is 42.5 Å². The molecule has 0 N–H and O–H groups in total. The third-order valence-corrected chi connectivity index (χ3v) is 16.0. The van der Waals surface area contributed by atoms with E-state index in [1.807, 2.05) is 0 Å². The fourth-order valence-corrected chi connectivity index (χ4v) is 11.4. The van der Waals surface area contributed by atoms with Crippen LogP contribution in [0.1, 0.15) is 103 Å². The Bertz CT molecular complexity index is 1790. The maximum atomic E-state index is 4.76. The van der Waals surface area contributed by atoms with E-state index in [-0.39, 0.29) is 130 Å². The molecular formula is C60H104Cl10Mo4N24. The van der Waals surface area contributed by atoms with Crippen molar-refractivity contribution in [2.24, 2.45) is 39.9 Å². The SMILES string of the molecule is C1CCN2CC[N-]C2=NC1.C1CCN2CC[N-]C2=NC1.C1CCN2CC[N-]C2=NC1.C1CCN2CC[N-]C2=NC1.C1CCN2CC[N-]C2=NC1.C1CCN2CC[N-]C2=NC1.C1CCN2CC[N-]C2=NC1.C1CCN2CC[N-]C2=NC1.ClCCl.ClCCl.ClCCl.ClCCl.[Cl-].[Cl-].[Mo+2].[Mo+2].[Mo+3].[Mo+3]. The molecule has 0 bridgehead atoms. The van der Waals surface area contributed by atoms with Crippen LogP contribution < -0.4 is 24.8 Å². The van der Waals surface area contributed by atoms with Gasteiger partial charge in [-0.05, 0) is 312 Å². The van der Waals surface area contributed by atoms with E-state index in [0.717, 1.165) is 205 Å². The molecule has 0 atom stereocenters. The molecule has 8 fully saturated rings. The first-order valence-corrected chi connectivity index (χ1v) is 37.9. The second kappa shape index (κ2) is 66.3. The van der Waals surface area contributed by atoms with Crippen LogP contribution in [0.15, 0.2) is 39.9 Å². The van der Waals surface area contributed by atoms with Crippen LogP contribution in [0.5, 0.6) is 0 Å². The molecule has 0 aromatic heterocycles. The summed E-state index contributed by atoms with van der Waals surface area (Å²) >= 11 is 38.1. The molecule has 98 heavy (non-hydrogen) atoms. The Morgan fingerprint density at radius 3 is 0.408 bits per heavy atom. The van der Waals surface area contributed by atoms with Gasteiger partial charge in [0.15, 0.2) is 0 Å². The molecule has 16 rings (SSSR count). The summed E-state index contributed by atoms with van der Waals surface area (Å²) in [7, 11) is 0. The topological polar surface area (TPSA) is 238 Å². The average Bonchev–Trinajstić information content (AvgIpc) is 2.97. The van der Waals surface area contributed by atoms with E-state index in [4.69, 9.17) is 92.8 Å². The predicted octanol–water partition coefficient (Wildman–Crippen LogP) is 6.29. The van der Waals surface area contributed by atoms with Crippen molar-refractivity contribution in [2.45, 2.75) is 103 Å². The van der Waals surface area contributed by atoms with Crippen LogP contribution in [0.4, 0.5) is 0 Å². The Labute approximate surface area is 697 Å². The summed E-state index contributed by atoms with van der Waals surface area (Å²) < 4.78 is 0. The fraction of sp³-hybridized carbons (Fsp3) is 0.867. The van der Waals surface area contributed by atoms with Crippen molar-refractivity contribution in [3.05, 3.63) is 42.5 Å². The molecule has 16 aliphatic heterocycles. The Hall–Kier alpha value is -0.187. The van der Waals surface area contributed by atoms with E-state index >= 15 is 0 Å². The molecule has 2 radical (unpaired) electrons. The van der Waals surface area contributed by atoms with E-state index in [0.29, 0.717) is 0 Å². The molecule has 0 spiro atoms. The first-order chi connectivity index (χ1) is 45.4. The quantitative estimate of drug-likeness (QED) is 0.197. The maximum absolute atomic E-state index is 4.76. The van der Waals surface area contributed by atoms with E-state index in [2.05, 4.69) is 122 Å². The van der Waals surface area contributed by atoms with Crippen LogP contribution in [-0.2, 0) is 84.3 Å². The first-order valence-electron chi connectivity index (χ1n) is 33.6. The standard InChI is InChI=1S/8C7H12N3.4CH2Cl2.2ClH.4Mo/c8*1-2-5-10-6-4-9-7(10)8-3-1;4*2-1-3;;;;;;/h8*1-6H2;4*1H2;2*1H;;;;/q8*-1;;;;;;;2*+2;2*+3/p-2. The Morgan fingerprint density at radius 1 is 0.204 bits per heavy atom. The van der Waals surface area contributed by atoms with Gasteiger partial charge in [-0.25, -0.2) is 0 Å². The molecule has 0 aromatic rings. The number of alkyl halides is 8. The summed E-state index contributed by atoms with van der Waals surface area (Å²) in [5, 5.41) is 35.1. The fourth-order valence-electron chi connectivity index (χ4n) is 11.4. The van der Waals surface area contributed by atoms with Crippen molar-refractivity contribution in [3.8, 4) is 0 Å². The second-order valence-corrected chi connectivity index (χ2v) is 25.7. The molecule has 0 aromatic carbocycles. The zero-order valence-electron chi connectivity index (χ0n) is 56.9. The third kappa shape index (κ3) is 41.6. The molecule has 558 valence electrons. The molecule has 38 heteroatoms. The number of aliphatic imine (C=N–C) groups is 8. The van der Waals surface area contributed by atoms with Crippen LogP contribution in [0.2, 0.25) is 0 Å². The van der Waals surface area contributed by atoms with E-state index in [9.17, 15) is 0 Å². The van der Waals surface area contributed by atoms with E-state index < -0.39 is 0 Å². The van der Waals surface area contributed by atoms with Crippen LogP contribution >= 0.6 is 92.8 Å². The van der Waals surface area contributed by atoms with Gasteiger partial charge in [-0.15, -0.1) is 92.8 Å². The van der Waals surface area contributed by atoms with Crippen LogP contribution in [-0.4, -0.2) is 318 Å². The Morgan fingerprint density at radius 2 is 0.306 bits per heavy atom. The van der Waals surface area contributed by atoms with Gasteiger partial charge in [0.1, 0.15) is 0 Å².